The van der Waals surface area contributed by atoms with Crippen LogP contribution in [0.2, 0.25) is 0 Å². The fourth-order valence-corrected chi connectivity index (χ4v) is 5.30. The second kappa shape index (κ2) is 6.25. The Kier molecular flexibility index (Phi) is 4.91. The Hall–Kier alpha value is 0.616. The van der Waals surface area contributed by atoms with Gasteiger partial charge in [0.1, 0.15) is 5.75 Å². The van der Waals surface area contributed by atoms with Crippen molar-refractivity contribution in [2.75, 3.05) is 20.7 Å². The van der Waals surface area contributed by atoms with Crippen LogP contribution < -0.4 is 56.1 Å². The summed E-state index contributed by atoms with van der Waals surface area (Å²) in [6, 6.07) is 7.60. The Balaban J connectivity index is 0.00000132. The van der Waals surface area contributed by atoms with Gasteiger partial charge in [0.2, 0.25) is 0 Å². The van der Waals surface area contributed by atoms with Crippen LogP contribution in [-0.4, -0.2) is 31.6 Å². The number of methoxy groups -OCH3 is 1. The molecular weight excluding hydrogens is 285 g/mol. The average Bonchev–Trinajstić information content (AvgIpc) is 2.50. The summed E-state index contributed by atoms with van der Waals surface area (Å²) in [6.07, 6.45) is 8.22. The summed E-state index contributed by atoms with van der Waals surface area (Å²) in [7, 11) is 4.12. The van der Waals surface area contributed by atoms with Crippen LogP contribution in [0.25, 0.3) is 0 Å². The van der Waals surface area contributed by atoms with E-state index in [-0.39, 0.29) is 51.4 Å². The Morgan fingerprint density at radius 2 is 2.10 bits per heavy atom. The quantitative estimate of drug-likeness (QED) is 0.696. The first-order chi connectivity index (χ1) is 9.74. The molecule has 1 saturated heterocycles. The molecule has 0 spiro atoms. The molecule has 1 aromatic rings. The predicted molar refractivity (Wildman–Crippen MR) is 81.4 cm³/mol. The van der Waals surface area contributed by atoms with Gasteiger partial charge in [0.15, 0.2) is 0 Å². The second-order valence-corrected chi connectivity index (χ2v) is 7.03. The normalized spacial score (nSPS) is 34.4. The molecule has 2 fully saturated rings. The zero-order chi connectivity index (χ0) is 13.7. The van der Waals surface area contributed by atoms with Gasteiger partial charge in [-0.15, -0.1) is 0 Å². The van der Waals surface area contributed by atoms with E-state index in [4.69, 9.17) is 4.74 Å². The van der Waals surface area contributed by atoms with Crippen LogP contribution in [0.5, 0.6) is 5.75 Å². The fourth-order valence-electron chi connectivity index (χ4n) is 5.30. The molecule has 3 heteroatoms. The van der Waals surface area contributed by atoms with Gasteiger partial charge in [-0.2, -0.15) is 0 Å². The fraction of sp³-hybridized carbons (Fsp3) is 0.667. The first-order valence-corrected chi connectivity index (χ1v) is 8.12. The average molecular weight is 311 g/mol. The van der Waals surface area contributed by atoms with Crippen molar-refractivity contribution in [2.24, 2.45) is 5.92 Å². The van der Waals surface area contributed by atoms with Gasteiger partial charge in [-0.05, 0) is 68.5 Å². The molecular formula is C18H25KNO+. The maximum atomic E-state index is 5.51. The molecule has 0 unspecified atom stereocenters. The third-order valence-corrected chi connectivity index (χ3v) is 6.32. The van der Waals surface area contributed by atoms with E-state index in [0.29, 0.717) is 5.41 Å². The topological polar surface area (TPSA) is 12.5 Å². The number of likely N-dealkylation sites (N-methyl/N-ethyl adjacent to an activating group) is 1. The van der Waals surface area contributed by atoms with Crippen molar-refractivity contribution in [3.8, 4) is 5.75 Å². The number of ether oxygens (including phenoxy) is 1. The first kappa shape index (κ1) is 16.5. The van der Waals surface area contributed by atoms with E-state index in [1.54, 1.807) is 18.2 Å². The van der Waals surface area contributed by atoms with E-state index < -0.39 is 0 Å². The molecule has 3 atom stereocenters. The molecule has 0 radical (unpaired) electrons. The molecule has 108 valence electrons. The third kappa shape index (κ3) is 2.49. The van der Waals surface area contributed by atoms with Gasteiger partial charge >= 0.3 is 51.4 Å². The number of rotatable bonds is 1. The van der Waals surface area contributed by atoms with Crippen LogP contribution in [0.15, 0.2) is 18.2 Å². The van der Waals surface area contributed by atoms with Crippen molar-refractivity contribution in [2.45, 2.75) is 50.0 Å². The molecule has 4 rings (SSSR count). The Morgan fingerprint density at radius 1 is 1.24 bits per heavy atom. The number of likely N-dealkylation sites (tertiary alicyclic amines) is 1. The summed E-state index contributed by atoms with van der Waals surface area (Å²) < 4.78 is 5.51. The molecule has 0 aromatic heterocycles. The molecule has 3 aliphatic rings. The summed E-state index contributed by atoms with van der Waals surface area (Å²) in [4.78, 5) is 2.63. The summed E-state index contributed by atoms with van der Waals surface area (Å²) in [5.41, 5.74) is 3.67. The minimum Gasteiger partial charge on any atom is -0.497 e. The molecule has 2 aliphatic carbocycles. The minimum absolute atomic E-state index is 0. The Morgan fingerprint density at radius 3 is 2.90 bits per heavy atom. The summed E-state index contributed by atoms with van der Waals surface area (Å²) in [5.74, 6) is 1.91. The molecule has 0 N–H and O–H groups in total. The van der Waals surface area contributed by atoms with Crippen molar-refractivity contribution >= 4 is 0 Å². The van der Waals surface area contributed by atoms with Crippen molar-refractivity contribution < 1.29 is 56.1 Å². The number of nitrogens with zero attached hydrogens (tertiary/aromatic N) is 1. The zero-order valence-corrected chi connectivity index (χ0v) is 16.8. The standard InChI is InChI=1S/C18H25NO.K/c1-19-10-9-18-8-4-3-5-15(18)17(19)11-13-6-7-14(20-2)12-16(13)18;/h6-7,12,15,17H,3-5,8-11H2,1-2H3;/q;+1/t15-,17+,18+;/m1./s1. The zero-order valence-electron chi connectivity index (χ0n) is 13.7. The third-order valence-electron chi connectivity index (χ3n) is 6.32. The predicted octanol–water partition coefficient (Wildman–Crippen LogP) is 0.387. The van der Waals surface area contributed by atoms with Gasteiger partial charge in [-0.3, -0.25) is 0 Å². The van der Waals surface area contributed by atoms with Gasteiger partial charge in [0.25, 0.3) is 0 Å². The van der Waals surface area contributed by atoms with Gasteiger partial charge in [-0.25, -0.2) is 0 Å². The van der Waals surface area contributed by atoms with Crippen LogP contribution in [0.4, 0.5) is 0 Å². The number of fused-ring (bicyclic) bond motifs is 1. The van der Waals surface area contributed by atoms with Crippen LogP contribution in [0.3, 0.4) is 0 Å². The molecule has 1 saturated carbocycles. The summed E-state index contributed by atoms with van der Waals surface area (Å²) in [5, 5.41) is 0. The number of benzene rings is 1. The minimum atomic E-state index is 0. The summed E-state index contributed by atoms with van der Waals surface area (Å²) in [6.45, 7) is 1.26. The van der Waals surface area contributed by atoms with E-state index in [1.807, 2.05) is 0 Å². The van der Waals surface area contributed by atoms with Crippen LogP contribution in [0, 0.1) is 5.92 Å². The largest absolute Gasteiger partial charge is 1.00 e. The molecule has 1 aromatic carbocycles. The Bertz CT molecular complexity index is 532. The van der Waals surface area contributed by atoms with Crippen LogP contribution in [-0.2, 0) is 11.8 Å². The van der Waals surface area contributed by atoms with E-state index in [9.17, 15) is 0 Å². The van der Waals surface area contributed by atoms with E-state index >= 15 is 0 Å². The van der Waals surface area contributed by atoms with Crippen molar-refractivity contribution in [1.29, 1.82) is 0 Å². The maximum absolute atomic E-state index is 5.51. The Labute approximate surface area is 171 Å². The smallest absolute Gasteiger partial charge is 0.497 e. The van der Waals surface area contributed by atoms with Gasteiger partial charge < -0.3 is 9.64 Å². The molecule has 0 amide bonds. The van der Waals surface area contributed by atoms with E-state index in [1.165, 1.54) is 45.1 Å². The second-order valence-electron chi connectivity index (χ2n) is 7.03. The molecule has 1 aliphatic heterocycles. The molecule has 21 heavy (non-hydrogen) atoms. The van der Waals surface area contributed by atoms with Crippen molar-refractivity contribution in [3.05, 3.63) is 29.3 Å². The van der Waals surface area contributed by atoms with E-state index in [2.05, 4.69) is 30.1 Å². The maximum Gasteiger partial charge on any atom is 1.00 e. The monoisotopic (exact) mass is 310 g/mol. The van der Waals surface area contributed by atoms with Crippen LogP contribution >= 0.6 is 0 Å². The van der Waals surface area contributed by atoms with Crippen LogP contribution in [0.1, 0.15) is 43.2 Å². The van der Waals surface area contributed by atoms with Gasteiger partial charge in [0.05, 0.1) is 7.11 Å². The van der Waals surface area contributed by atoms with Crippen molar-refractivity contribution in [1.82, 2.24) is 4.90 Å². The SMILES string of the molecule is COc1ccc2c(c1)[C@]13CCCC[C@@H]1[C@H](C2)N(C)CC3.[K+]. The number of hydrogen-bond donors (Lipinski definition) is 0. The van der Waals surface area contributed by atoms with Gasteiger partial charge in [-0.1, -0.05) is 18.9 Å². The van der Waals surface area contributed by atoms with Crippen molar-refractivity contribution in [3.63, 3.8) is 0 Å². The number of piperidine rings is 1. The molecule has 2 bridgehead atoms. The van der Waals surface area contributed by atoms with Gasteiger partial charge in [0, 0.05) is 11.5 Å². The first-order valence-electron chi connectivity index (χ1n) is 8.12. The van der Waals surface area contributed by atoms with E-state index in [0.717, 1.165) is 17.7 Å². The number of hydrogen-bond acceptors (Lipinski definition) is 2. The summed E-state index contributed by atoms with van der Waals surface area (Å²) >= 11 is 0. The molecule has 2 nitrogen and oxygen atoms in total. The molecule has 1 heterocycles.